The summed E-state index contributed by atoms with van der Waals surface area (Å²) in [6, 6.07) is 7.61. The van der Waals surface area contributed by atoms with Gasteiger partial charge in [0.25, 0.3) is 0 Å². The number of rotatable bonds is 5. The molecular weight excluding hydrogens is 353 g/mol. The van der Waals surface area contributed by atoms with E-state index in [1.54, 1.807) is 11.0 Å². The number of carbonyl (C=O) groups excluding carboxylic acids is 1. The molecule has 24 heavy (non-hydrogen) atoms. The molecule has 7 nitrogen and oxygen atoms in total. The van der Waals surface area contributed by atoms with Crippen molar-refractivity contribution in [1.29, 1.82) is 0 Å². The summed E-state index contributed by atoms with van der Waals surface area (Å²) in [5.74, 6) is -0.0768. The average molecular weight is 374 g/mol. The van der Waals surface area contributed by atoms with E-state index in [0.717, 1.165) is 11.1 Å². The molecule has 0 bridgehead atoms. The summed E-state index contributed by atoms with van der Waals surface area (Å²) in [4.78, 5) is 16.0. The molecule has 0 saturated carbocycles. The van der Waals surface area contributed by atoms with Gasteiger partial charge in [-0.1, -0.05) is 24.3 Å². The van der Waals surface area contributed by atoms with Gasteiger partial charge in [-0.25, -0.2) is 9.67 Å². The Morgan fingerprint density at radius 3 is 2.71 bits per heavy atom. The molecule has 0 aliphatic carbocycles. The second-order valence-corrected chi connectivity index (χ2v) is 5.43. The van der Waals surface area contributed by atoms with Gasteiger partial charge in [-0.3, -0.25) is 4.79 Å². The lowest BCUT2D eigenvalue weighted by molar-refractivity contribution is -0.123. The fourth-order valence-corrected chi connectivity index (χ4v) is 2.60. The van der Waals surface area contributed by atoms with Crippen LogP contribution in [0.15, 0.2) is 36.9 Å². The SMILES string of the molecule is Cl.Cl.O=C(NCc1ccccc1Cn1cncn1)C1CC(O)CN1. The minimum Gasteiger partial charge on any atom is -0.392 e. The van der Waals surface area contributed by atoms with E-state index in [9.17, 15) is 9.90 Å². The number of aliphatic hydroxyl groups is 1. The van der Waals surface area contributed by atoms with Gasteiger partial charge in [-0.2, -0.15) is 5.10 Å². The zero-order valence-electron chi connectivity index (χ0n) is 13.0. The van der Waals surface area contributed by atoms with Crippen molar-refractivity contribution in [2.75, 3.05) is 6.54 Å². The topological polar surface area (TPSA) is 92.1 Å². The van der Waals surface area contributed by atoms with Crippen LogP contribution in [0.5, 0.6) is 0 Å². The van der Waals surface area contributed by atoms with Crippen molar-refractivity contribution in [2.45, 2.75) is 31.7 Å². The smallest absolute Gasteiger partial charge is 0.237 e. The van der Waals surface area contributed by atoms with E-state index in [0.29, 0.717) is 26.1 Å². The molecule has 1 aromatic heterocycles. The lowest BCUT2D eigenvalue weighted by Crippen LogP contribution is -2.40. The summed E-state index contributed by atoms with van der Waals surface area (Å²) in [7, 11) is 0. The van der Waals surface area contributed by atoms with Gasteiger partial charge in [-0.15, -0.1) is 24.8 Å². The first-order valence-corrected chi connectivity index (χ1v) is 7.31. The van der Waals surface area contributed by atoms with Crippen LogP contribution in [0.25, 0.3) is 0 Å². The highest BCUT2D eigenvalue weighted by Gasteiger charge is 2.27. The van der Waals surface area contributed by atoms with Crippen LogP contribution in [-0.2, 0) is 17.9 Å². The first-order valence-electron chi connectivity index (χ1n) is 7.31. The average Bonchev–Trinajstić information content (AvgIpc) is 3.18. The van der Waals surface area contributed by atoms with Crippen LogP contribution in [0.3, 0.4) is 0 Å². The molecule has 1 fully saturated rings. The lowest BCUT2D eigenvalue weighted by Gasteiger charge is -2.13. The fraction of sp³-hybridized carbons (Fsp3) is 0.400. The van der Waals surface area contributed by atoms with Gasteiger partial charge in [0.05, 0.1) is 18.7 Å². The van der Waals surface area contributed by atoms with Crippen molar-refractivity contribution < 1.29 is 9.90 Å². The highest BCUT2D eigenvalue weighted by atomic mass is 35.5. The number of carbonyl (C=O) groups is 1. The first kappa shape index (κ1) is 20.4. The number of nitrogens with zero attached hydrogens (tertiary/aromatic N) is 3. The van der Waals surface area contributed by atoms with Crippen molar-refractivity contribution in [3.63, 3.8) is 0 Å². The molecule has 1 aliphatic rings. The third-order valence-electron chi connectivity index (χ3n) is 3.79. The molecule has 132 valence electrons. The zero-order chi connectivity index (χ0) is 15.4. The van der Waals surface area contributed by atoms with E-state index in [1.807, 2.05) is 24.3 Å². The van der Waals surface area contributed by atoms with Crippen LogP contribution in [-0.4, -0.2) is 44.5 Å². The predicted molar refractivity (Wildman–Crippen MR) is 94.3 cm³/mol. The third kappa shape index (κ3) is 5.17. The second kappa shape index (κ2) is 9.58. The molecule has 1 amide bonds. The number of β-amino-alcohol motifs (C(OH)–C–C–N with tert-alkyl or cyclic N) is 1. The Bertz CT molecular complexity index is 639. The van der Waals surface area contributed by atoms with Gasteiger partial charge < -0.3 is 15.7 Å². The molecule has 1 saturated heterocycles. The van der Waals surface area contributed by atoms with E-state index in [1.165, 1.54) is 6.33 Å². The second-order valence-electron chi connectivity index (χ2n) is 5.43. The molecule has 3 rings (SSSR count). The van der Waals surface area contributed by atoms with Crippen LogP contribution in [0.4, 0.5) is 0 Å². The maximum Gasteiger partial charge on any atom is 0.237 e. The van der Waals surface area contributed by atoms with Crippen LogP contribution in [0, 0.1) is 0 Å². The quantitative estimate of drug-likeness (QED) is 0.709. The molecule has 1 aromatic carbocycles. The number of hydrogen-bond donors (Lipinski definition) is 3. The number of nitrogens with one attached hydrogen (secondary N) is 2. The van der Waals surface area contributed by atoms with E-state index in [2.05, 4.69) is 20.7 Å². The molecule has 1 aliphatic heterocycles. The Morgan fingerprint density at radius 2 is 2.08 bits per heavy atom. The minimum atomic E-state index is -0.435. The van der Waals surface area contributed by atoms with Gasteiger partial charge in [0, 0.05) is 13.1 Å². The zero-order valence-corrected chi connectivity index (χ0v) is 14.6. The number of aromatic nitrogens is 3. The Labute approximate surface area is 152 Å². The number of aliphatic hydroxyl groups excluding tert-OH is 1. The van der Waals surface area contributed by atoms with E-state index >= 15 is 0 Å². The van der Waals surface area contributed by atoms with Crippen LogP contribution in [0.2, 0.25) is 0 Å². The molecular formula is C15H21Cl2N5O2. The van der Waals surface area contributed by atoms with Crippen molar-refractivity contribution in [3.8, 4) is 0 Å². The maximum atomic E-state index is 12.1. The van der Waals surface area contributed by atoms with Gasteiger partial charge >= 0.3 is 0 Å². The van der Waals surface area contributed by atoms with Crippen LogP contribution in [0.1, 0.15) is 17.5 Å². The summed E-state index contributed by atoms with van der Waals surface area (Å²) in [6.45, 7) is 1.55. The van der Waals surface area contributed by atoms with Gasteiger partial charge in [-0.05, 0) is 17.5 Å². The molecule has 2 heterocycles. The minimum absolute atomic E-state index is 0. The Hall–Kier alpha value is -1.67. The van der Waals surface area contributed by atoms with Crippen molar-refractivity contribution >= 4 is 30.7 Å². The number of halogens is 2. The van der Waals surface area contributed by atoms with E-state index in [-0.39, 0.29) is 36.8 Å². The Balaban J connectivity index is 0.00000144. The fourth-order valence-electron chi connectivity index (χ4n) is 2.60. The van der Waals surface area contributed by atoms with Crippen molar-refractivity contribution in [3.05, 3.63) is 48.0 Å². The standard InChI is InChI=1S/C15H19N5O2.2ClH/c21-13-5-14(17-7-13)15(22)18-6-11-3-1-2-4-12(11)8-20-10-16-9-19-20;;/h1-4,9-10,13-14,17,21H,5-8H2,(H,18,22);2*1H. The molecule has 2 aromatic rings. The Morgan fingerprint density at radius 1 is 1.33 bits per heavy atom. The molecule has 0 radical (unpaired) electrons. The number of benzene rings is 1. The largest absolute Gasteiger partial charge is 0.392 e. The maximum absolute atomic E-state index is 12.1. The van der Waals surface area contributed by atoms with Crippen molar-refractivity contribution in [2.24, 2.45) is 0 Å². The highest BCUT2D eigenvalue weighted by molar-refractivity contribution is 5.85. The predicted octanol–water partition coefficient (Wildman–Crippen LogP) is 0.509. The first-order chi connectivity index (χ1) is 10.7. The molecule has 0 spiro atoms. The summed E-state index contributed by atoms with van der Waals surface area (Å²) >= 11 is 0. The molecule has 2 atom stereocenters. The van der Waals surface area contributed by atoms with E-state index < -0.39 is 6.10 Å². The van der Waals surface area contributed by atoms with Crippen LogP contribution >= 0.6 is 24.8 Å². The molecule has 2 unspecified atom stereocenters. The van der Waals surface area contributed by atoms with E-state index in [4.69, 9.17) is 0 Å². The van der Waals surface area contributed by atoms with Crippen molar-refractivity contribution in [1.82, 2.24) is 25.4 Å². The third-order valence-corrected chi connectivity index (χ3v) is 3.79. The lowest BCUT2D eigenvalue weighted by atomic mass is 10.1. The molecule has 3 N–H and O–H groups in total. The Kier molecular flexibility index (Phi) is 8.14. The van der Waals surface area contributed by atoms with Crippen LogP contribution < -0.4 is 10.6 Å². The van der Waals surface area contributed by atoms with Gasteiger partial charge in [0.1, 0.15) is 12.7 Å². The monoisotopic (exact) mass is 373 g/mol. The number of amides is 1. The van der Waals surface area contributed by atoms with Gasteiger partial charge in [0.15, 0.2) is 0 Å². The number of hydrogen-bond acceptors (Lipinski definition) is 5. The summed E-state index contributed by atoms with van der Waals surface area (Å²) in [5.41, 5.74) is 2.14. The van der Waals surface area contributed by atoms with Gasteiger partial charge in [0.2, 0.25) is 5.91 Å². The summed E-state index contributed by atoms with van der Waals surface area (Å²) < 4.78 is 1.75. The summed E-state index contributed by atoms with van der Waals surface area (Å²) in [5, 5.41) is 19.5. The molecule has 9 heteroatoms. The summed E-state index contributed by atoms with van der Waals surface area (Å²) in [6.07, 6.45) is 3.20. The highest BCUT2D eigenvalue weighted by Crippen LogP contribution is 2.11. The normalized spacial score (nSPS) is 19.2.